The second-order valence-corrected chi connectivity index (χ2v) is 6.83. The van der Waals surface area contributed by atoms with Gasteiger partial charge < -0.3 is 15.4 Å². The summed E-state index contributed by atoms with van der Waals surface area (Å²) in [5, 5.41) is 6.46. The van der Waals surface area contributed by atoms with Gasteiger partial charge >= 0.3 is 0 Å². The molecule has 9 nitrogen and oxygen atoms in total. The molecular weight excluding hydrogens is 404 g/mol. The lowest BCUT2D eigenvalue weighted by Crippen LogP contribution is -2.14. The van der Waals surface area contributed by atoms with Crippen molar-refractivity contribution in [3.8, 4) is 11.4 Å². The first-order chi connectivity index (χ1) is 15.9. The second-order valence-electron chi connectivity index (χ2n) is 6.83. The molecule has 0 amide bonds. The van der Waals surface area contributed by atoms with Gasteiger partial charge in [0.25, 0.3) is 0 Å². The number of hydrogen-bond acceptors (Lipinski definition) is 8. The molecule has 9 heteroatoms. The number of hydrogen-bond donors (Lipinski definition) is 2. The fourth-order valence-electron chi connectivity index (χ4n) is 3.19. The molecule has 0 spiro atoms. The van der Waals surface area contributed by atoms with Crippen LogP contribution in [0.5, 0.6) is 5.75 Å². The Kier molecular flexibility index (Phi) is 5.52. The van der Waals surface area contributed by atoms with Gasteiger partial charge in [0.15, 0.2) is 17.0 Å². The summed E-state index contributed by atoms with van der Waals surface area (Å²) in [4.78, 5) is 22.0. The molecule has 3 aromatic heterocycles. The SMILES string of the molecule is c1ccc(OCCNc2nc(Nc3ccncn3)nc3c2ncn3-c2ccccc2)cc1. The van der Waals surface area contributed by atoms with E-state index in [-0.39, 0.29) is 0 Å². The van der Waals surface area contributed by atoms with E-state index < -0.39 is 0 Å². The Bertz CT molecular complexity index is 1290. The van der Waals surface area contributed by atoms with E-state index in [0.29, 0.717) is 41.9 Å². The van der Waals surface area contributed by atoms with Crippen molar-refractivity contribution in [2.45, 2.75) is 0 Å². The Morgan fingerprint density at radius 3 is 2.47 bits per heavy atom. The zero-order valence-corrected chi connectivity index (χ0v) is 17.1. The number of fused-ring (bicyclic) bond motifs is 1. The van der Waals surface area contributed by atoms with Crippen LogP contribution in [0.1, 0.15) is 0 Å². The zero-order valence-electron chi connectivity index (χ0n) is 17.1. The van der Waals surface area contributed by atoms with Crippen molar-refractivity contribution < 1.29 is 4.74 Å². The van der Waals surface area contributed by atoms with Crippen molar-refractivity contribution in [3.63, 3.8) is 0 Å². The van der Waals surface area contributed by atoms with E-state index in [2.05, 4.69) is 35.6 Å². The van der Waals surface area contributed by atoms with Crippen LogP contribution in [0.2, 0.25) is 0 Å². The standard InChI is InChI=1S/C23H20N8O/c1-3-7-17(8-4-1)31-16-27-20-21(25-13-14-32-18-9-5-2-6-10-18)29-23(30-22(20)31)28-19-11-12-24-15-26-19/h1-12,15-16H,13-14H2,(H2,24,25,26,28,29,30). The minimum atomic E-state index is 0.403. The van der Waals surface area contributed by atoms with Gasteiger partial charge in [0, 0.05) is 11.9 Å². The molecule has 0 saturated heterocycles. The number of ether oxygens (including phenoxy) is 1. The molecule has 0 saturated carbocycles. The normalized spacial score (nSPS) is 10.8. The lowest BCUT2D eigenvalue weighted by atomic mass is 10.3. The van der Waals surface area contributed by atoms with Crippen molar-refractivity contribution in [2.24, 2.45) is 0 Å². The van der Waals surface area contributed by atoms with Gasteiger partial charge in [-0.15, -0.1) is 0 Å². The number of para-hydroxylation sites is 2. The molecule has 0 aliphatic heterocycles. The van der Waals surface area contributed by atoms with Crippen LogP contribution in [0, 0.1) is 0 Å². The van der Waals surface area contributed by atoms with Crippen molar-refractivity contribution in [1.29, 1.82) is 0 Å². The summed E-state index contributed by atoms with van der Waals surface area (Å²) in [5.74, 6) is 2.43. The third kappa shape index (κ3) is 4.31. The molecule has 0 unspecified atom stereocenters. The summed E-state index contributed by atoms with van der Waals surface area (Å²) < 4.78 is 7.70. The fourth-order valence-corrected chi connectivity index (χ4v) is 3.19. The van der Waals surface area contributed by atoms with Crippen LogP contribution in [-0.4, -0.2) is 42.6 Å². The quantitative estimate of drug-likeness (QED) is 0.362. The van der Waals surface area contributed by atoms with E-state index in [1.807, 2.05) is 65.2 Å². The van der Waals surface area contributed by atoms with Crippen LogP contribution in [-0.2, 0) is 0 Å². The van der Waals surface area contributed by atoms with E-state index in [9.17, 15) is 0 Å². The summed E-state index contributed by atoms with van der Waals surface area (Å²) in [6.07, 6.45) is 4.87. The van der Waals surface area contributed by atoms with Crippen LogP contribution in [0.4, 0.5) is 17.6 Å². The number of nitrogens with one attached hydrogen (secondary N) is 2. The van der Waals surface area contributed by atoms with Gasteiger partial charge in [0.05, 0.1) is 6.54 Å². The number of anilines is 3. The first-order valence-electron chi connectivity index (χ1n) is 10.1. The third-order valence-electron chi connectivity index (χ3n) is 4.66. The third-order valence-corrected chi connectivity index (χ3v) is 4.66. The molecule has 5 rings (SSSR count). The Balaban J connectivity index is 1.44. The maximum atomic E-state index is 5.78. The molecule has 0 aliphatic rings. The van der Waals surface area contributed by atoms with E-state index in [1.54, 1.807) is 18.6 Å². The molecule has 0 aliphatic carbocycles. The van der Waals surface area contributed by atoms with Crippen LogP contribution >= 0.6 is 0 Å². The molecule has 5 aromatic rings. The number of rotatable bonds is 8. The van der Waals surface area contributed by atoms with Crippen molar-refractivity contribution in [1.82, 2.24) is 29.5 Å². The highest BCUT2D eigenvalue weighted by Gasteiger charge is 2.15. The van der Waals surface area contributed by atoms with Crippen LogP contribution in [0.3, 0.4) is 0 Å². The summed E-state index contributed by atoms with van der Waals surface area (Å²) in [6.45, 7) is 1.02. The Morgan fingerprint density at radius 1 is 0.875 bits per heavy atom. The highest BCUT2D eigenvalue weighted by Crippen LogP contribution is 2.24. The molecule has 32 heavy (non-hydrogen) atoms. The molecular formula is C23H20N8O. The van der Waals surface area contributed by atoms with Gasteiger partial charge in [0.2, 0.25) is 5.95 Å². The minimum Gasteiger partial charge on any atom is -0.492 e. The smallest absolute Gasteiger partial charge is 0.232 e. The average molecular weight is 424 g/mol. The van der Waals surface area contributed by atoms with Gasteiger partial charge in [-0.1, -0.05) is 36.4 Å². The topological polar surface area (TPSA) is 103 Å². The number of imidazole rings is 1. The summed E-state index contributed by atoms with van der Waals surface area (Å²) >= 11 is 0. The maximum absolute atomic E-state index is 5.78. The average Bonchev–Trinajstić information content (AvgIpc) is 3.28. The molecule has 158 valence electrons. The molecule has 2 aromatic carbocycles. The van der Waals surface area contributed by atoms with Crippen LogP contribution in [0.15, 0.2) is 85.6 Å². The van der Waals surface area contributed by atoms with Crippen LogP contribution in [0.25, 0.3) is 16.9 Å². The first kappa shape index (κ1) is 19.4. The summed E-state index contributed by atoms with van der Waals surface area (Å²) in [7, 11) is 0. The lowest BCUT2D eigenvalue weighted by Gasteiger charge is -2.11. The maximum Gasteiger partial charge on any atom is 0.232 e. The van der Waals surface area contributed by atoms with Crippen molar-refractivity contribution in [3.05, 3.63) is 85.6 Å². The first-order valence-corrected chi connectivity index (χ1v) is 10.1. The summed E-state index contributed by atoms with van der Waals surface area (Å²) in [5.41, 5.74) is 2.30. The fraction of sp³-hybridized carbons (Fsp3) is 0.0870. The van der Waals surface area contributed by atoms with Gasteiger partial charge in [0.1, 0.15) is 30.8 Å². The number of nitrogens with zero attached hydrogens (tertiary/aromatic N) is 6. The molecule has 0 atom stereocenters. The zero-order chi connectivity index (χ0) is 21.6. The Hall–Kier alpha value is -4.53. The molecule has 2 N–H and O–H groups in total. The lowest BCUT2D eigenvalue weighted by molar-refractivity contribution is 0.333. The van der Waals surface area contributed by atoms with E-state index in [4.69, 9.17) is 4.74 Å². The largest absolute Gasteiger partial charge is 0.492 e. The van der Waals surface area contributed by atoms with Crippen molar-refractivity contribution >= 4 is 28.7 Å². The highest BCUT2D eigenvalue weighted by atomic mass is 16.5. The monoisotopic (exact) mass is 424 g/mol. The van der Waals surface area contributed by atoms with E-state index >= 15 is 0 Å². The van der Waals surface area contributed by atoms with E-state index in [1.165, 1.54) is 6.33 Å². The minimum absolute atomic E-state index is 0.403. The second kappa shape index (κ2) is 9.09. The van der Waals surface area contributed by atoms with Crippen LogP contribution < -0.4 is 15.4 Å². The van der Waals surface area contributed by atoms with E-state index in [0.717, 1.165) is 11.4 Å². The highest BCUT2D eigenvalue weighted by molar-refractivity contribution is 5.85. The summed E-state index contributed by atoms with van der Waals surface area (Å²) in [6, 6.07) is 21.4. The van der Waals surface area contributed by atoms with Gasteiger partial charge in [-0.05, 0) is 30.3 Å². The predicted octanol–water partition coefficient (Wildman–Crippen LogP) is 3.84. The Morgan fingerprint density at radius 2 is 1.69 bits per heavy atom. The molecule has 0 bridgehead atoms. The van der Waals surface area contributed by atoms with Gasteiger partial charge in [-0.25, -0.2) is 15.0 Å². The molecule has 0 fully saturated rings. The van der Waals surface area contributed by atoms with Crippen molar-refractivity contribution in [2.75, 3.05) is 23.8 Å². The number of benzene rings is 2. The van der Waals surface area contributed by atoms with Gasteiger partial charge in [-0.2, -0.15) is 9.97 Å². The molecule has 3 heterocycles. The van der Waals surface area contributed by atoms with Gasteiger partial charge in [-0.3, -0.25) is 4.57 Å². The Labute approximate surface area is 184 Å². The number of aromatic nitrogens is 6. The predicted molar refractivity (Wildman–Crippen MR) is 122 cm³/mol. The molecule has 0 radical (unpaired) electrons.